The highest BCUT2D eigenvalue weighted by atomic mass is 14.9. The van der Waals surface area contributed by atoms with E-state index in [0.29, 0.717) is 6.04 Å². The van der Waals surface area contributed by atoms with Gasteiger partial charge in [0.25, 0.3) is 0 Å². The second-order valence-electron chi connectivity index (χ2n) is 7.03. The lowest BCUT2D eigenvalue weighted by Crippen LogP contribution is -2.42. The van der Waals surface area contributed by atoms with E-state index in [1.807, 2.05) is 12.3 Å². The highest BCUT2D eigenvalue weighted by molar-refractivity contribution is 5.79. The molecule has 0 radical (unpaired) electrons. The van der Waals surface area contributed by atoms with Gasteiger partial charge in [0.1, 0.15) is 5.65 Å². The van der Waals surface area contributed by atoms with Gasteiger partial charge in [-0.05, 0) is 48.3 Å². The molecule has 2 aromatic rings. The lowest BCUT2D eigenvalue weighted by molar-refractivity contribution is 0.169. The molecule has 2 N–H and O–H groups in total. The Labute approximate surface area is 127 Å². The molecule has 2 heterocycles. The number of pyridine rings is 1. The van der Waals surface area contributed by atoms with Gasteiger partial charge in [0, 0.05) is 30.4 Å². The second-order valence-corrected chi connectivity index (χ2v) is 7.03. The number of aromatic amines is 1. The van der Waals surface area contributed by atoms with Gasteiger partial charge in [-0.15, -0.1) is 0 Å². The van der Waals surface area contributed by atoms with E-state index in [4.69, 9.17) is 0 Å². The fourth-order valence-electron chi connectivity index (χ4n) is 3.84. The summed E-state index contributed by atoms with van der Waals surface area (Å²) in [5, 5.41) is 5.08. The number of nitrogens with zero attached hydrogens (tertiary/aromatic N) is 1. The Morgan fingerprint density at radius 1 is 1.38 bits per heavy atom. The fraction of sp³-hybridized carbons (Fsp3) is 0.611. The zero-order valence-electron chi connectivity index (χ0n) is 13.4. The van der Waals surface area contributed by atoms with Crippen molar-refractivity contribution >= 4 is 11.0 Å². The number of hydrogen-bond acceptors (Lipinski definition) is 2. The minimum Gasteiger partial charge on any atom is -0.346 e. The highest BCUT2D eigenvalue weighted by Crippen LogP contribution is 2.33. The smallest absolute Gasteiger partial charge is 0.137 e. The predicted octanol–water partition coefficient (Wildman–Crippen LogP) is 4.11. The maximum atomic E-state index is 4.37. The summed E-state index contributed by atoms with van der Waals surface area (Å²) in [6.07, 6.45) is 8.00. The summed E-state index contributed by atoms with van der Waals surface area (Å²) in [7, 11) is 0. The zero-order chi connectivity index (χ0) is 14.8. The van der Waals surface area contributed by atoms with Gasteiger partial charge in [-0.2, -0.15) is 0 Å². The van der Waals surface area contributed by atoms with E-state index in [0.717, 1.165) is 29.9 Å². The van der Waals surface area contributed by atoms with Crippen LogP contribution in [0.1, 0.15) is 45.6 Å². The molecular formula is C18H27N3. The molecule has 0 spiro atoms. The van der Waals surface area contributed by atoms with Crippen LogP contribution in [0.4, 0.5) is 0 Å². The Bertz CT molecular complexity index is 587. The van der Waals surface area contributed by atoms with Crippen molar-refractivity contribution in [2.75, 3.05) is 0 Å². The summed E-state index contributed by atoms with van der Waals surface area (Å²) in [4.78, 5) is 7.64. The number of aromatic nitrogens is 2. The van der Waals surface area contributed by atoms with E-state index in [1.165, 1.54) is 30.2 Å². The van der Waals surface area contributed by atoms with Crippen LogP contribution >= 0.6 is 0 Å². The molecule has 0 aliphatic heterocycles. The van der Waals surface area contributed by atoms with Crippen LogP contribution in [0.15, 0.2) is 24.5 Å². The first-order valence-corrected chi connectivity index (χ1v) is 8.29. The normalized spacial score (nSPS) is 26.6. The van der Waals surface area contributed by atoms with E-state index < -0.39 is 0 Å². The minimum absolute atomic E-state index is 0.648. The first kappa shape index (κ1) is 14.6. The summed E-state index contributed by atoms with van der Waals surface area (Å²) in [6.45, 7) is 8.06. The monoisotopic (exact) mass is 285 g/mol. The van der Waals surface area contributed by atoms with Gasteiger partial charge in [0.15, 0.2) is 0 Å². The maximum absolute atomic E-state index is 4.37. The lowest BCUT2D eigenvalue weighted by atomic mass is 9.74. The molecule has 3 rings (SSSR count). The van der Waals surface area contributed by atoms with Crippen LogP contribution < -0.4 is 5.32 Å². The molecule has 114 valence electrons. The molecule has 1 aliphatic rings. The molecule has 3 nitrogen and oxygen atoms in total. The van der Waals surface area contributed by atoms with Crippen molar-refractivity contribution in [1.82, 2.24) is 15.3 Å². The first-order chi connectivity index (χ1) is 10.1. The molecule has 0 bridgehead atoms. The van der Waals surface area contributed by atoms with Crippen molar-refractivity contribution < 1.29 is 0 Å². The Morgan fingerprint density at radius 3 is 3.05 bits per heavy atom. The largest absolute Gasteiger partial charge is 0.346 e. The zero-order valence-corrected chi connectivity index (χ0v) is 13.4. The van der Waals surface area contributed by atoms with Crippen molar-refractivity contribution in [2.45, 2.75) is 52.6 Å². The number of nitrogens with one attached hydrogen (secondary N) is 2. The predicted molar refractivity (Wildman–Crippen MR) is 88.1 cm³/mol. The Balaban J connectivity index is 1.70. The van der Waals surface area contributed by atoms with Gasteiger partial charge >= 0.3 is 0 Å². The lowest BCUT2D eigenvalue weighted by Gasteiger charge is -2.38. The molecule has 3 heteroatoms. The van der Waals surface area contributed by atoms with Gasteiger partial charge in [-0.3, -0.25) is 0 Å². The Hall–Kier alpha value is -1.35. The van der Waals surface area contributed by atoms with Crippen LogP contribution in [-0.2, 0) is 6.54 Å². The summed E-state index contributed by atoms with van der Waals surface area (Å²) in [6, 6.07) is 4.81. The number of hydrogen-bond donors (Lipinski definition) is 2. The van der Waals surface area contributed by atoms with E-state index in [2.05, 4.69) is 48.3 Å². The topological polar surface area (TPSA) is 40.7 Å². The SMILES string of the molecule is CC1CCC(C(C)C)C(NCc2c[nH]c3ncccc23)C1. The molecule has 2 aromatic heterocycles. The number of rotatable bonds is 4. The van der Waals surface area contributed by atoms with Gasteiger partial charge in [-0.1, -0.05) is 27.2 Å². The van der Waals surface area contributed by atoms with Gasteiger partial charge in [0.05, 0.1) is 0 Å². The Morgan fingerprint density at radius 2 is 2.24 bits per heavy atom. The molecule has 0 aromatic carbocycles. The van der Waals surface area contributed by atoms with Crippen molar-refractivity contribution in [3.05, 3.63) is 30.1 Å². The van der Waals surface area contributed by atoms with Crippen molar-refractivity contribution in [3.8, 4) is 0 Å². The third-order valence-electron chi connectivity index (χ3n) is 5.11. The van der Waals surface area contributed by atoms with E-state index in [-0.39, 0.29) is 0 Å². The molecule has 3 atom stereocenters. The van der Waals surface area contributed by atoms with Gasteiger partial charge in [0.2, 0.25) is 0 Å². The third kappa shape index (κ3) is 3.13. The minimum atomic E-state index is 0.648. The Kier molecular flexibility index (Phi) is 4.29. The molecule has 3 unspecified atom stereocenters. The summed E-state index contributed by atoms with van der Waals surface area (Å²) >= 11 is 0. The first-order valence-electron chi connectivity index (χ1n) is 8.29. The number of H-pyrrole nitrogens is 1. The van der Waals surface area contributed by atoms with Crippen LogP contribution in [0.2, 0.25) is 0 Å². The average Bonchev–Trinajstić information content (AvgIpc) is 2.88. The molecule has 0 amide bonds. The van der Waals surface area contributed by atoms with Crippen molar-refractivity contribution in [3.63, 3.8) is 0 Å². The molecule has 0 saturated heterocycles. The van der Waals surface area contributed by atoms with Crippen molar-refractivity contribution in [2.24, 2.45) is 17.8 Å². The van der Waals surface area contributed by atoms with Gasteiger partial charge < -0.3 is 10.3 Å². The highest BCUT2D eigenvalue weighted by Gasteiger charge is 2.30. The molecular weight excluding hydrogens is 258 g/mol. The summed E-state index contributed by atoms with van der Waals surface area (Å²) in [5.74, 6) is 2.42. The molecule has 1 fully saturated rings. The van der Waals surface area contributed by atoms with E-state index in [9.17, 15) is 0 Å². The quantitative estimate of drug-likeness (QED) is 0.887. The maximum Gasteiger partial charge on any atom is 0.137 e. The third-order valence-corrected chi connectivity index (χ3v) is 5.11. The van der Waals surface area contributed by atoms with Crippen LogP contribution in [0, 0.1) is 17.8 Å². The van der Waals surface area contributed by atoms with Gasteiger partial charge in [-0.25, -0.2) is 4.98 Å². The standard InChI is InChI=1S/C18H27N3/c1-12(2)15-7-6-13(3)9-17(15)20-10-14-11-21-18-16(14)5-4-8-19-18/h4-5,8,11-13,15,17,20H,6-7,9-10H2,1-3H3,(H,19,21). The van der Waals surface area contributed by atoms with Crippen LogP contribution in [0.25, 0.3) is 11.0 Å². The van der Waals surface area contributed by atoms with Crippen LogP contribution in [-0.4, -0.2) is 16.0 Å². The second kappa shape index (κ2) is 6.18. The van der Waals surface area contributed by atoms with Crippen LogP contribution in [0.3, 0.4) is 0 Å². The summed E-state index contributed by atoms with van der Waals surface area (Å²) in [5.41, 5.74) is 2.32. The summed E-state index contributed by atoms with van der Waals surface area (Å²) < 4.78 is 0. The van der Waals surface area contributed by atoms with E-state index >= 15 is 0 Å². The fourth-order valence-corrected chi connectivity index (χ4v) is 3.84. The van der Waals surface area contributed by atoms with Crippen LogP contribution in [0.5, 0.6) is 0 Å². The molecule has 1 saturated carbocycles. The molecule has 21 heavy (non-hydrogen) atoms. The average molecular weight is 285 g/mol. The number of fused-ring (bicyclic) bond motifs is 1. The molecule has 1 aliphatic carbocycles. The van der Waals surface area contributed by atoms with Crippen molar-refractivity contribution in [1.29, 1.82) is 0 Å². The van der Waals surface area contributed by atoms with E-state index in [1.54, 1.807) is 0 Å².